The summed E-state index contributed by atoms with van der Waals surface area (Å²) < 4.78 is 28.4. The van der Waals surface area contributed by atoms with Crippen molar-refractivity contribution < 1.29 is 13.6 Å². The summed E-state index contributed by atoms with van der Waals surface area (Å²) in [5.74, 6) is -1.65. The first-order valence-corrected chi connectivity index (χ1v) is 10.9. The second kappa shape index (κ2) is 9.32. The summed E-state index contributed by atoms with van der Waals surface area (Å²) in [7, 11) is 0. The van der Waals surface area contributed by atoms with Crippen molar-refractivity contribution in [1.29, 1.82) is 0 Å². The Morgan fingerprint density at radius 1 is 0.938 bits per heavy atom. The highest BCUT2D eigenvalue weighted by Gasteiger charge is 2.18. The molecule has 0 aliphatic carbocycles. The number of halogens is 2. The largest absolute Gasteiger partial charge is 0.325 e. The lowest BCUT2D eigenvalue weighted by atomic mass is 10.1. The van der Waals surface area contributed by atoms with Crippen molar-refractivity contribution in [3.8, 4) is 17.1 Å². The van der Waals surface area contributed by atoms with Gasteiger partial charge in [-0.15, -0.1) is 10.2 Å². The molecule has 1 aromatic heterocycles. The van der Waals surface area contributed by atoms with Gasteiger partial charge >= 0.3 is 0 Å². The van der Waals surface area contributed by atoms with E-state index in [4.69, 9.17) is 0 Å². The second-order valence-corrected chi connectivity index (χ2v) is 8.25. The van der Waals surface area contributed by atoms with Crippen LogP contribution in [0.3, 0.4) is 0 Å². The number of thioether (sulfide) groups is 1. The quantitative estimate of drug-likeness (QED) is 0.391. The minimum atomic E-state index is -1.02. The molecule has 3 aromatic carbocycles. The number of aromatic nitrogens is 3. The zero-order chi connectivity index (χ0) is 22.7. The fraction of sp³-hybridized carbons (Fsp3) is 0.125. The van der Waals surface area contributed by atoms with E-state index < -0.39 is 11.6 Å². The molecule has 32 heavy (non-hydrogen) atoms. The Balaban J connectivity index is 1.60. The third-order valence-electron chi connectivity index (χ3n) is 4.74. The predicted octanol–water partition coefficient (Wildman–Crippen LogP) is 5.56. The molecule has 5 nitrogen and oxygen atoms in total. The van der Waals surface area contributed by atoms with E-state index in [0.717, 1.165) is 34.5 Å². The molecule has 0 saturated carbocycles. The molecule has 0 radical (unpaired) electrons. The van der Waals surface area contributed by atoms with Crippen LogP contribution in [0.2, 0.25) is 0 Å². The number of anilines is 1. The highest BCUT2D eigenvalue weighted by atomic mass is 32.2. The SMILES string of the molecule is Cc1ccc(-n2c(SCC(=O)Nc3ccc(F)c(F)c3)nnc2-c2cccc(C)c2)cc1. The van der Waals surface area contributed by atoms with E-state index >= 15 is 0 Å². The van der Waals surface area contributed by atoms with Crippen molar-refractivity contribution in [1.82, 2.24) is 14.8 Å². The van der Waals surface area contributed by atoms with E-state index in [1.807, 2.05) is 66.9 Å². The average Bonchev–Trinajstić information content (AvgIpc) is 3.19. The molecule has 4 rings (SSSR count). The van der Waals surface area contributed by atoms with Crippen molar-refractivity contribution in [3.63, 3.8) is 0 Å². The van der Waals surface area contributed by atoms with Crippen LogP contribution in [-0.4, -0.2) is 26.4 Å². The summed E-state index contributed by atoms with van der Waals surface area (Å²) in [6, 6.07) is 19.1. The maximum absolute atomic E-state index is 13.4. The highest BCUT2D eigenvalue weighted by Crippen LogP contribution is 2.28. The smallest absolute Gasteiger partial charge is 0.234 e. The van der Waals surface area contributed by atoms with Crippen LogP contribution >= 0.6 is 11.8 Å². The van der Waals surface area contributed by atoms with Crippen LogP contribution in [-0.2, 0) is 4.79 Å². The topological polar surface area (TPSA) is 59.8 Å². The Hall–Kier alpha value is -3.52. The first-order valence-electron chi connectivity index (χ1n) is 9.88. The number of amides is 1. The fourth-order valence-electron chi connectivity index (χ4n) is 3.16. The van der Waals surface area contributed by atoms with E-state index in [1.54, 1.807) is 0 Å². The van der Waals surface area contributed by atoms with Gasteiger partial charge in [0, 0.05) is 23.0 Å². The fourth-order valence-corrected chi connectivity index (χ4v) is 3.91. The van der Waals surface area contributed by atoms with Crippen LogP contribution in [0.15, 0.2) is 71.9 Å². The van der Waals surface area contributed by atoms with Crippen LogP contribution in [0.4, 0.5) is 14.5 Å². The second-order valence-electron chi connectivity index (χ2n) is 7.31. The van der Waals surface area contributed by atoms with Gasteiger partial charge in [-0.25, -0.2) is 8.78 Å². The summed E-state index contributed by atoms with van der Waals surface area (Å²) in [6.45, 7) is 4.02. The average molecular weight is 451 g/mol. The van der Waals surface area contributed by atoms with E-state index in [-0.39, 0.29) is 17.3 Å². The van der Waals surface area contributed by atoms with E-state index in [1.165, 1.54) is 17.8 Å². The zero-order valence-electron chi connectivity index (χ0n) is 17.5. The van der Waals surface area contributed by atoms with Crippen LogP contribution in [0.25, 0.3) is 17.1 Å². The minimum Gasteiger partial charge on any atom is -0.325 e. The predicted molar refractivity (Wildman–Crippen MR) is 122 cm³/mol. The zero-order valence-corrected chi connectivity index (χ0v) is 18.3. The molecule has 8 heteroatoms. The lowest BCUT2D eigenvalue weighted by Gasteiger charge is -2.11. The molecule has 1 heterocycles. The summed E-state index contributed by atoms with van der Waals surface area (Å²) in [4.78, 5) is 12.4. The number of benzene rings is 3. The molecular formula is C24H20F2N4OS. The van der Waals surface area contributed by atoms with Crippen molar-refractivity contribution in [3.05, 3.63) is 89.5 Å². The lowest BCUT2D eigenvalue weighted by molar-refractivity contribution is -0.113. The Kier molecular flexibility index (Phi) is 6.32. The maximum atomic E-state index is 13.4. The van der Waals surface area contributed by atoms with Gasteiger partial charge in [0.05, 0.1) is 5.75 Å². The number of hydrogen-bond acceptors (Lipinski definition) is 4. The molecule has 0 aliphatic heterocycles. The number of carbonyl (C=O) groups is 1. The molecule has 4 aromatic rings. The molecule has 162 valence electrons. The molecular weight excluding hydrogens is 430 g/mol. The molecule has 0 bridgehead atoms. The van der Waals surface area contributed by atoms with Crippen molar-refractivity contribution >= 4 is 23.4 Å². The van der Waals surface area contributed by atoms with Gasteiger partial charge in [-0.3, -0.25) is 9.36 Å². The molecule has 0 spiro atoms. The van der Waals surface area contributed by atoms with E-state index in [9.17, 15) is 13.6 Å². The number of carbonyl (C=O) groups excluding carboxylic acids is 1. The summed E-state index contributed by atoms with van der Waals surface area (Å²) in [5.41, 5.74) is 4.20. The maximum Gasteiger partial charge on any atom is 0.234 e. The number of nitrogens with one attached hydrogen (secondary N) is 1. The Labute approximate surface area is 188 Å². The van der Waals surface area contributed by atoms with Crippen molar-refractivity contribution in [2.45, 2.75) is 19.0 Å². The van der Waals surface area contributed by atoms with Crippen LogP contribution < -0.4 is 5.32 Å². The monoisotopic (exact) mass is 450 g/mol. The lowest BCUT2D eigenvalue weighted by Crippen LogP contribution is -2.15. The summed E-state index contributed by atoms with van der Waals surface area (Å²) in [6.07, 6.45) is 0. The van der Waals surface area contributed by atoms with Gasteiger partial charge in [-0.2, -0.15) is 0 Å². The van der Waals surface area contributed by atoms with Gasteiger partial charge in [0.15, 0.2) is 22.6 Å². The first-order chi connectivity index (χ1) is 15.4. The summed E-state index contributed by atoms with van der Waals surface area (Å²) >= 11 is 1.21. The third kappa shape index (κ3) is 4.86. The number of aryl methyl sites for hydroxylation is 2. The van der Waals surface area contributed by atoms with Crippen LogP contribution in [0.5, 0.6) is 0 Å². The van der Waals surface area contributed by atoms with Crippen LogP contribution in [0, 0.1) is 25.5 Å². The molecule has 0 saturated heterocycles. The van der Waals surface area contributed by atoms with Gasteiger partial charge in [0.2, 0.25) is 5.91 Å². The van der Waals surface area contributed by atoms with Crippen molar-refractivity contribution in [2.75, 3.05) is 11.1 Å². The van der Waals surface area contributed by atoms with Gasteiger partial charge < -0.3 is 5.32 Å². The standard InChI is InChI=1S/C24H20F2N4OS/c1-15-6-9-19(10-7-15)30-23(17-5-3-4-16(2)12-17)28-29-24(30)32-14-22(31)27-18-8-11-20(25)21(26)13-18/h3-13H,14H2,1-2H3,(H,27,31). The molecule has 1 N–H and O–H groups in total. The summed E-state index contributed by atoms with van der Waals surface area (Å²) in [5, 5.41) is 11.8. The molecule has 1 amide bonds. The van der Waals surface area contributed by atoms with E-state index in [2.05, 4.69) is 15.5 Å². The number of nitrogens with zero attached hydrogens (tertiary/aromatic N) is 3. The molecule has 0 aliphatic rings. The Morgan fingerprint density at radius 2 is 1.72 bits per heavy atom. The van der Waals surface area contributed by atoms with Gasteiger partial charge in [0.1, 0.15) is 0 Å². The van der Waals surface area contributed by atoms with E-state index in [0.29, 0.717) is 11.0 Å². The highest BCUT2D eigenvalue weighted by molar-refractivity contribution is 7.99. The minimum absolute atomic E-state index is 0.0246. The van der Waals surface area contributed by atoms with Gasteiger partial charge in [-0.1, -0.05) is 53.2 Å². The molecule has 0 atom stereocenters. The molecule has 0 unspecified atom stereocenters. The van der Waals surface area contributed by atoms with Crippen LogP contribution in [0.1, 0.15) is 11.1 Å². The Morgan fingerprint density at radius 3 is 2.44 bits per heavy atom. The third-order valence-corrected chi connectivity index (χ3v) is 5.67. The Bertz CT molecular complexity index is 1270. The van der Waals surface area contributed by atoms with Gasteiger partial charge in [0.25, 0.3) is 0 Å². The number of rotatable bonds is 6. The van der Waals surface area contributed by atoms with Gasteiger partial charge in [-0.05, 0) is 44.2 Å². The van der Waals surface area contributed by atoms with Crippen molar-refractivity contribution in [2.24, 2.45) is 0 Å². The number of hydrogen-bond donors (Lipinski definition) is 1. The normalized spacial score (nSPS) is 10.9. The molecule has 0 fully saturated rings. The first kappa shape index (κ1) is 21.7.